The minimum atomic E-state index is -0.382. The Morgan fingerprint density at radius 3 is 2.14 bits per heavy atom. The van der Waals surface area contributed by atoms with Crippen LogP contribution in [0, 0.1) is 5.92 Å². The molecular weight excluding hydrogens is 172 g/mol. The zero-order chi connectivity index (χ0) is 10.6. The van der Waals surface area contributed by atoms with Crippen LogP contribution in [0.2, 0.25) is 0 Å². The van der Waals surface area contributed by atoms with E-state index in [1.807, 2.05) is 24.3 Å². The number of aliphatic hydroxyl groups is 1. The second-order valence-electron chi connectivity index (χ2n) is 3.88. The standard InChI is InChI=1S/C13H18O/c1-10(2)13(9-11(3)14)12-7-5-4-6-8-12/h4-11,14H,1-3H3/b13-9+/t11-/m0/s1. The van der Waals surface area contributed by atoms with Crippen molar-refractivity contribution in [2.75, 3.05) is 0 Å². The van der Waals surface area contributed by atoms with Gasteiger partial charge in [-0.1, -0.05) is 50.3 Å². The molecule has 0 fully saturated rings. The minimum absolute atomic E-state index is 0.382. The van der Waals surface area contributed by atoms with E-state index in [0.29, 0.717) is 5.92 Å². The summed E-state index contributed by atoms with van der Waals surface area (Å²) in [7, 11) is 0. The lowest BCUT2D eigenvalue weighted by molar-refractivity contribution is 0.244. The molecule has 76 valence electrons. The fourth-order valence-electron chi connectivity index (χ4n) is 1.51. The zero-order valence-electron chi connectivity index (χ0n) is 9.07. The van der Waals surface area contributed by atoms with Crippen LogP contribution in [-0.4, -0.2) is 11.2 Å². The summed E-state index contributed by atoms with van der Waals surface area (Å²) in [5, 5.41) is 9.36. The van der Waals surface area contributed by atoms with Gasteiger partial charge in [-0.15, -0.1) is 0 Å². The second-order valence-corrected chi connectivity index (χ2v) is 3.88. The number of rotatable bonds is 3. The molecule has 0 saturated carbocycles. The molecular formula is C13H18O. The van der Waals surface area contributed by atoms with Crippen LogP contribution in [0.1, 0.15) is 26.3 Å². The Morgan fingerprint density at radius 1 is 1.14 bits per heavy atom. The topological polar surface area (TPSA) is 20.2 Å². The molecule has 0 aliphatic carbocycles. The molecule has 0 aliphatic rings. The van der Waals surface area contributed by atoms with Gasteiger partial charge in [-0.3, -0.25) is 0 Å². The average molecular weight is 190 g/mol. The summed E-state index contributed by atoms with van der Waals surface area (Å²) in [6.45, 7) is 6.06. The molecule has 0 aromatic heterocycles. The highest BCUT2D eigenvalue weighted by Crippen LogP contribution is 2.23. The Labute approximate surface area is 86.1 Å². The van der Waals surface area contributed by atoms with Gasteiger partial charge in [0, 0.05) is 0 Å². The van der Waals surface area contributed by atoms with Crippen molar-refractivity contribution in [1.29, 1.82) is 0 Å². The molecule has 1 heteroatoms. The molecule has 1 nitrogen and oxygen atoms in total. The molecule has 0 spiro atoms. The lowest BCUT2D eigenvalue weighted by Gasteiger charge is -2.12. The number of allylic oxidation sites excluding steroid dienone is 1. The van der Waals surface area contributed by atoms with Gasteiger partial charge in [0.2, 0.25) is 0 Å². The van der Waals surface area contributed by atoms with Crippen LogP contribution in [0.4, 0.5) is 0 Å². The van der Waals surface area contributed by atoms with Gasteiger partial charge in [-0.25, -0.2) is 0 Å². The highest BCUT2D eigenvalue weighted by atomic mass is 16.3. The molecule has 0 heterocycles. The van der Waals surface area contributed by atoms with Crippen molar-refractivity contribution in [3.05, 3.63) is 42.0 Å². The van der Waals surface area contributed by atoms with Crippen LogP contribution >= 0.6 is 0 Å². The maximum atomic E-state index is 9.36. The van der Waals surface area contributed by atoms with Crippen molar-refractivity contribution in [1.82, 2.24) is 0 Å². The molecule has 1 aromatic rings. The van der Waals surface area contributed by atoms with Crippen molar-refractivity contribution >= 4 is 5.57 Å². The monoisotopic (exact) mass is 190 g/mol. The Bertz CT molecular complexity index is 296. The van der Waals surface area contributed by atoms with Crippen LogP contribution in [0.3, 0.4) is 0 Å². The number of hydrogen-bond donors (Lipinski definition) is 1. The fourth-order valence-corrected chi connectivity index (χ4v) is 1.51. The van der Waals surface area contributed by atoms with E-state index in [1.165, 1.54) is 11.1 Å². The second kappa shape index (κ2) is 4.97. The maximum absolute atomic E-state index is 9.36. The Balaban J connectivity index is 3.01. The fraction of sp³-hybridized carbons (Fsp3) is 0.385. The molecule has 1 aromatic carbocycles. The first-order valence-electron chi connectivity index (χ1n) is 5.06. The summed E-state index contributed by atoms with van der Waals surface area (Å²) >= 11 is 0. The lowest BCUT2D eigenvalue weighted by atomic mass is 9.94. The molecule has 14 heavy (non-hydrogen) atoms. The molecule has 1 N–H and O–H groups in total. The molecule has 0 radical (unpaired) electrons. The van der Waals surface area contributed by atoms with E-state index in [0.717, 1.165) is 0 Å². The highest BCUT2D eigenvalue weighted by Gasteiger charge is 2.06. The first kappa shape index (κ1) is 11.0. The van der Waals surface area contributed by atoms with Crippen LogP contribution in [0.25, 0.3) is 5.57 Å². The molecule has 0 aliphatic heterocycles. The number of aliphatic hydroxyl groups excluding tert-OH is 1. The summed E-state index contributed by atoms with van der Waals surface area (Å²) in [5.74, 6) is 0.437. The summed E-state index contributed by atoms with van der Waals surface area (Å²) in [5.41, 5.74) is 2.41. The number of benzene rings is 1. The highest BCUT2D eigenvalue weighted by molar-refractivity contribution is 5.67. The molecule has 0 saturated heterocycles. The van der Waals surface area contributed by atoms with E-state index in [2.05, 4.69) is 26.0 Å². The predicted octanol–water partition coefficient (Wildman–Crippen LogP) is 3.11. The summed E-state index contributed by atoms with van der Waals surface area (Å²) in [4.78, 5) is 0. The quantitative estimate of drug-likeness (QED) is 0.776. The average Bonchev–Trinajstić information content (AvgIpc) is 2.15. The van der Waals surface area contributed by atoms with Crippen LogP contribution in [0.5, 0.6) is 0 Å². The van der Waals surface area contributed by atoms with E-state index in [4.69, 9.17) is 0 Å². The third-order valence-electron chi connectivity index (χ3n) is 2.15. The van der Waals surface area contributed by atoms with E-state index in [9.17, 15) is 5.11 Å². The summed E-state index contributed by atoms with van der Waals surface area (Å²) < 4.78 is 0. The van der Waals surface area contributed by atoms with Crippen molar-refractivity contribution in [3.8, 4) is 0 Å². The summed E-state index contributed by atoms with van der Waals surface area (Å²) in [6.07, 6.45) is 1.53. The molecule has 0 unspecified atom stereocenters. The van der Waals surface area contributed by atoms with E-state index < -0.39 is 0 Å². The SMILES string of the molecule is CC(C)/C(=C\[C@H](C)O)c1ccccc1. The normalized spacial score (nSPS) is 14.5. The van der Waals surface area contributed by atoms with E-state index in [-0.39, 0.29) is 6.10 Å². The Hall–Kier alpha value is -1.08. The third-order valence-corrected chi connectivity index (χ3v) is 2.15. The van der Waals surface area contributed by atoms with Crippen LogP contribution < -0.4 is 0 Å². The van der Waals surface area contributed by atoms with Gasteiger partial charge in [0.15, 0.2) is 0 Å². The molecule has 0 amide bonds. The van der Waals surface area contributed by atoms with E-state index >= 15 is 0 Å². The van der Waals surface area contributed by atoms with Crippen molar-refractivity contribution in [2.45, 2.75) is 26.9 Å². The number of hydrogen-bond acceptors (Lipinski definition) is 1. The zero-order valence-corrected chi connectivity index (χ0v) is 9.07. The minimum Gasteiger partial charge on any atom is -0.389 e. The smallest absolute Gasteiger partial charge is 0.0698 e. The van der Waals surface area contributed by atoms with Gasteiger partial charge >= 0.3 is 0 Å². The Morgan fingerprint density at radius 2 is 1.71 bits per heavy atom. The van der Waals surface area contributed by atoms with Crippen molar-refractivity contribution in [2.24, 2.45) is 5.92 Å². The van der Waals surface area contributed by atoms with Crippen LogP contribution in [-0.2, 0) is 0 Å². The van der Waals surface area contributed by atoms with Gasteiger partial charge in [0.25, 0.3) is 0 Å². The third kappa shape index (κ3) is 3.00. The molecule has 0 bridgehead atoms. The van der Waals surface area contributed by atoms with Gasteiger partial charge in [-0.05, 0) is 24.0 Å². The first-order valence-corrected chi connectivity index (χ1v) is 5.06. The first-order chi connectivity index (χ1) is 6.61. The van der Waals surface area contributed by atoms with Gasteiger partial charge in [-0.2, -0.15) is 0 Å². The largest absolute Gasteiger partial charge is 0.389 e. The lowest BCUT2D eigenvalue weighted by Crippen LogP contribution is -2.00. The maximum Gasteiger partial charge on any atom is 0.0698 e. The molecule has 1 rings (SSSR count). The molecule has 1 atom stereocenters. The van der Waals surface area contributed by atoms with Crippen LogP contribution in [0.15, 0.2) is 36.4 Å². The van der Waals surface area contributed by atoms with Gasteiger partial charge in [0.1, 0.15) is 0 Å². The van der Waals surface area contributed by atoms with Crippen molar-refractivity contribution < 1.29 is 5.11 Å². The predicted molar refractivity (Wildman–Crippen MR) is 60.9 cm³/mol. The van der Waals surface area contributed by atoms with Gasteiger partial charge in [0.05, 0.1) is 6.10 Å². The van der Waals surface area contributed by atoms with Crippen molar-refractivity contribution in [3.63, 3.8) is 0 Å². The Kier molecular flexibility index (Phi) is 3.90. The van der Waals surface area contributed by atoms with E-state index in [1.54, 1.807) is 6.92 Å². The van der Waals surface area contributed by atoms with Gasteiger partial charge < -0.3 is 5.11 Å². The summed E-state index contributed by atoms with van der Waals surface area (Å²) in [6, 6.07) is 10.2.